The Labute approximate surface area is 169 Å². The lowest BCUT2D eigenvalue weighted by Gasteiger charge is -2.11. The van der Waals surface area contributed by atoms with Crippen LogP contribution in [0.4, 0.5) is 13.2 Å². The van der Waals surface area contributed by atoms with Gasteiger partial charge in [0.25, 0.3) is 0 Å². The summed E-state index contributed by atoms with van der Waals surface area (Å²) in [5.41, 5.74) is 1.56. The molecule has 1 atom stereocenters. The lowest BCUT2D eigenvalue weighted by molar-refractivity contribution is -0.145. The number of pyridine rings is 1. The van der Waals surface area contributed by atoms with Gasteiger partial charge in [0, 0.05) is 35.3 Å². The molecule has 150 valence electrons. The topological polar surface area (TPSA) is 67.8 Å². The fourth-order valence-corrected chi connectivity index (χ4v) is 4.17. The summed E-state index contributed by atoms with van der Waals surface area (Å²) in [6.07, 6.45) is -2.08. The average Bonchev–Trinajstić information content (AvgIpc) is 3.26. The van der Waals surface area contributed by atoms with Crippen LogP contribution in [0.1, 0.15) is 34.2 Å². The second-order valence-corrected chi connectivity index (χ2v) is 7.70. The van der Waals surface area contributed by atoms with Crippen LogP contribution >= 0.6 is 11.8 Å². The Morgan fingerprint density at radius 2 is 2.03 bits per heavy atom. The molecule has 1 fully saturated rings. The van der Waals surface area contributed by atoms with Crippen molar-refractivity contribution < 1.29 is 18.0 Å². The Morgan fingerprint density at radius 1 is 1.21 bits per heavy atom. The van der Waals surface area contributed by atoms with E-state index in [1.54, 1.807) is 36.5 Å². The van der Waals surface area contributed by atoms with Gasteiger partial charge < -0.3 is 5.32 Å². The second kappa shape index (κ2) is 8.08. The molecule has 2 aromatic heterocycles. The summed E-state index contributed by atoms with van der Waals surface area (Å²) >= 11 is 0.988. The Hall–Kier alpha value is -2.52. The van der Waals surface area contributed by atoms with Crippen LogP contribution in [0.15, 0.2) is 47.6 Å². The van der Waals surface area contributed by atoms with E-state index in [4.69, 9.17) is 0 Å². The van der Waals surface area contributed by atoms with Crippen molar-refractivity contribution >= 4 is 28.4 Å². The summed E-state index contributed by atoms with van der Waals surface area (Å²) in [7, 11) is 0. The van der Waals surface area contributed by atoms with Crippen molar-refractivity contribution in [1.82, 2.24) is 20.3 Å². The molecule has 3 heterocycles. The van der Waals surface area contributed by atoms with E-state index in [0.717, 1.165) is 37.0 Å². The molecule has 4 rings (SSSR count). The van der Waals surface area contributed by atoms with E-state index in [9.17, 15) is 18.0 Å². The van der Waals surface area contributed by atoms with Crippen LogP contribution in [0.25, 0.3) is 10.9 Å². The Morgan fingerprint density at radius 3 is 2.79 bits per heavy atom. The molecule has 0 spiro atoms. The molecule has 1 aliphatic rings. The maximum Gasteiger partial charge on any atom is 0.451 e. The number of rotatable bonds is 5. The highest BCUT2D eigenvalue weighted by molar-refractivity contribution is 8.00. The van der Waals surface area contributed by atoms with E-state index < -0.39 is 12.0 Å². The van der Waals surface area contributed by atoms with Crippen molar-refractivity contribution in [3.8, 4) is 0 Å². The minimum Gasteiger partial charge on any atom is -0.316 e. The van der Waals surface area contributed by atoms with Gasteiger partial charge >= 0.3 is 6.18 Å². The normalized spacial score (nSPS) is 17.0. The molecule has 1 aromatic carbocycles. The third-order valence-corrected chi connectivity index (χ3v) is 5.73. The van der Waals surface area contributed by atoms with E-state index in [-0.39, 0.29) is 28.0 Å². The smallest absolute Gasteiger partial charge is 0.316 e. The molecule has 0 aliphatic carbocycles. The molecule has 1 aliphatic heterocycles. The van der Waals surface area contributed by atoms with E-state index in [0.29, 0.717) is 10.9 Å². The first-order valence-electron chi connectivity index (χ1n) is 9.08. The number of hydrogen-bond acceptors (Lipinski definition) is 6. The summed E-state index contributed by atoms with van der Waals surface area (Å²) in [6.45, 7) is 1.75. The van der Waals surface area contributed by atoms with Gasteiger partial charge in [0.05, 0.1) is 11.3 Å². The number of nitrogens with one attached hydrogen (secondary N) is 1. The van der Waals surface area contributed by atoms with Gasteiger partial charge in [-0.2, -0.15) is 13.2 Å². The minimum atomic E-state index is -4.65. The Kier molecular flexibility index (Phi) is 5.51. The van der Waals surface area contributed by atoms with Crippen LogP contribution in [-0.4, -0.2) is 39.6 Å². The molecule has 3 aromatic rings. The summed E-state index contributed by atoms with van der Waals surface area (Å²) in [6, 6.07) is 9.89. The number of ketones is 1. The van der Waals surface area contributed by atoms with Crippen LogP contribution in [-0.2, 0) is 6.18 Å². The molecule has 1 saturated heterocycles. The van der Waals surface area contributed by atoms with Crippen LogP contribution in [0.5, 0.6) is 0 Å². The van der Waals surface area contributed by atoms with E-state index in [1.165, 1.54) is 6.07 Å². The van der Waals surface area contributed by atoms with Gasteiger partial charge in [0.1, 0.15) is 5.03 Å². The number of alkyl halides is 3. The molecule has 1 unspecified atom stereocenters. The molecule has 0 saturated carbocycles. The molecule has 0 bridgehead atoms. The summed E-state index contributed by atoms with van der Waals surface area (Å²) < 4.78 is 39.4. The fraction of sp³-hybridized carbons (Fsp3) is 0.300. The monoisotopic (exact) mass is 418 g/mol. The third kappa shape index (κ3) is 4.40. The predicted octanol–water partition coefficient (Wildman–Crippen LogP) is 4.10. The van der Waals surface area contributed by atoms with Gasteiger partial charge in [-0.3, -0.25) is 9.78 Å². The van der Waals surface area contributed by atoms with Crippen molar-refractivity contribution in [3.05, 3.63) is 59.7 Å². The first-order chi connectivity index (χ1) is 13.9. The Balaban J connectivity index is 1.56. The highest BCUT2D eigenvalue weighted by atomic mass is 32.2. The molecular weight excluding hydrogens is 401 g/mol. The van der Waals surface area contributed by atoms with E-state index >= 15 is 0 Å². The van der Waals surface area contributed by atoms with Gasteiger partial charge in [-0.05, 0) is 31.2 Å². The van der Waals surface area contributed by atoms with E-state index in [1.807, 2.05) is 0 Å². The second-order valence-electron chi connectivity index (χ2n) is 6.74. The highest BCUT2D eigenvalue weighted by Gasteiger charge is 2.35. The molecule has 1 N–H and O–H groups in total. The van der Waals surface area contributed by atoms with Crippen LogP contribution in [0, 0.1) is 0 Å². The number of nitrogens with zero attached hydrogens (tertiary/aromatic N) is 3. The molecule has 5 nitrogen and oxygen atoms in total. The van der Waals surface area contributed by atoms with Gasteiger partial charge in [-0.25, -0.2) is 9.97 Å². The van der Waals surface area contributed by atoms with Crippen molar-refractivity contribution in [2.45, 2.75) is 23.5 Å². The Bertz CT molecular complexity index is 1050. The van der Waals surface area contributed by atoms with Crippen LogP contribution in [0.3, 0.4) is 0 Å². The number of halogens is 3. The number of para-hydroxylation sites is 1. The number of Topliss-reactive ketones (excluding diaryl/α,β-unsaturated/α-hetero) is 1. The summed E-state index contributed by atoms with van der Waals surface area (Å²) in [5.74, 6) is -1.13. The average molecular weight is 418 g/mol. The van der Waals surface area contributed by atoms with Crippen molar-refractivity contribution in [2.75, 3.05) is 18.8 Å². The number of aromatic nitrogens is 3. The fourth-order valence-electron chi connectivity index (χ4n) is 3.25. The molecule has 0 radical (unpaired) electrons. The first kappa shape index (κ1) is 19.8. The first-order valence-corrected chi connectivity index (χ1v) is 10.1. The maximum absolute atomic E-state index is 13.1. The lowest BCUT2D eigenvalue weighted by atomic mass is 10.0. The standard InChI is InChI=1S/C20H17F3N4OS/c21-20(22,23)19-26-15-4-2-1-3-14(15)18(27-19)29-11-17(28)12-6-8-25-16(9-12)13-5-7-24-10-13/h1-4,6,8-9,13,24H,5,7,10-11H2. The SMILES string of the molecule is O=C(CSc1nc(C(F)(F)F)nc2ccccc12)c1ccnc(C2CCNC2)c1. The number of carbonyl (C=O) groups is 1. The minimum absolute atomic E-state index is 0.0231. The maximum atomic E-state index is 13.1. The zero-order valence-electron chi connectivity index (χ0n) is 15.2. The molecule has 9 heteroatoms. The zero-order chi connectivity index (χ0) is 20.4. The number of carbonyl (C=O) groups excluding carboxylic acids is 1. The van der Waals surface area contributed by atoms with Gasteiger partial charge in [0.15, 0.2) is 5.78 Å². The molecule has 0 amide bonds. The largest absolute Gasteiger partial charge is 0.451 e. The van der Waals surface area contributed by atoms with Gasteiger partial charge in [-0.1, -0.05) is 30.0 Å². The number of benzene rings is 1. The van der Waals surface area contributed by atoms with Crippen LogP contribution in [0.2, 0.25) is 0 Å². The van der Waals surface area contributed by atoms with E-state index in [2.05, 4.69) is 20.3 Å². The highest BCUT2D eigenvalue weighted by Crippen LogP contribution is 2.32. The summed E-state index contributed by atoms with van der Waals surface area (Å²) in [4.78, 5) is 24.3. The van der Waals surface area contributed by atoms with Crippen molar-refractivity contribution in [2.24, 2.45) is 0 Å². The van der Waals surface area contributed by atoms with Crippen molar-refractivity contribution in [3.63, 3.8) is 0 Å². The number of thioether (sulfide) groups is 1. The van der Waals surface area contributed by atoms with Crippen LogP contribution < -0.4 is 5.32 Å². The predicted molar refractivity (Wildman–Crippen MR) is 104 cm³/mol. The number of fused-ring (bicyclic) bond motifs is 1. The van der Waals surface area contributed by atoms with Crippen molar-refractivity contribution in [1.29, 1.82) is 0 Å². The van der Waals surface area contributed by atoms with Gasteiger partial charge in [0.2, 0.25) is 5.82 Å². The van der Waals surface area contributed by atoms with Gasteiger partial charge in [-0.15, -0.1) is 0 Å². The third-order valence-electron chi connectivity index (χ3n) is 4.74. The number of hydrogen-bond donors (Lipinski definition) is 1. The molecule has 29 heavy (non-hydrogen) atoms. The zero-order valence-corrected chi connectivity index (χ0v) is 16.1. The molecular formula is C20H17F3N4OS. The summed E-state index contributed by atoms with van der Waals surface area (Å²) in [5, 5.41) is 3.90. The quantitative estimate of drug-likeness (QED) is 0.382. The lowest BCUT2D eigenvalue weighted by Crippen LogP contribution is -2.12.